The molecule has 0 spiro atoms. The van der Waals surface area contributed by atoms with Crippen LogP contribution in [0.3, 0.4) is 0 Å². The number of nitrogens with one attached hydrogen (secondary N) is 2. The van der Waals surface area contributed by atoms with Crippen molar-refractivity contribution in [3.8, 4) is 10.6 Å². The van der Waals surface area contributed by atoms with Crippen molar-refractivity contribution in [1.82, 2.24) is 14.9 Å². The molecule has 25 heavy (non-hydrogen) atoms. The van der Waals surface area contributed by atoms with Gasteiger partial charge in [0, 0.05) is 17.6 Å². The van der Waals surface area contributed by atoms with Gasteiger partial charge in [-0.2, -0.15) is 5.10 Å². The maximum absolute atomic E-state index is 12.4. The molecular weight excluding hydrogens is 382 g/mol. The van der Waals surface area contributed by atoms with E-state index in [1.165, 1.54) is 12.1 Å². The predicted molar refractivity (Wildman–Crippen MR) is 98.5 cm³/mol. The maximum atomic E-state index is 12.4. The Bertz CT molecular complexity index is 1010. The van der Waals surface area contributed by atoms with E-state index in [2.05, 4.69) is 14.9 Å². The number of rotatable bonds is 6. The zero-order chi connectivity index (χ0) is 17.9. The van der Waals surface area contributed by atoms with E-state index < -0.39 is 10.0 Å². The number of aromatic amines is 1. The fraction of sp³-hybridized carbons (Fsp3) is 0.125. The van der Waals surface area contributed by atoms with Gasteiger partial charge in [-0.15, -0.1) is 11.3 Å². The predicted octanol–water partition coefficient (Wildman–Crippen LogP) is 2.67. The number of aromatic nitrogens is 2. The topological polar surface area (TPSA) is 91.9 Å². The molecule has 0 bridgehead atoms. The van der Waals surface area contributed by atoms with E-state index in [4.69, 9.17) is 11.6 Å². The van der Waals surface area contributed by atoms with Crippen LogP contribution in [0.15, 0.2) is 57.5 Å². The fourth-order valence-corrected chi connectivity index (χ4v) is 4.61. The van der Waals surface area contributed by atoms with Gasteiger partial charge in [0.05, 0.1) is 4.88 Å². The molecule has 0 aliphatic carbocycles. The van der Waals surface area contributed by atoms with Crippen LogP contribution < -0.4 is 10.3 Å². The molecular formula is C16H14ClN3O3S2. The second kappa shape index (κ2) is 7.49. The van der Waals surface area contributed by atoms with Gasteiger partial charge >= 0.3 is 0 Å². The minimum absolute atomic E-state index is 0.201. The smallest absolute Gasteiger partial charge is 0.264 e. The van der Waals surface area contributed by atoms with E-state index >= 15 is 0 Å². The van der Waals surface area contributed by atoms with Gasteiger partial charge in [0.2, 0.25) is 10.0 Å². The summed E-state index contributed by atoms with van der Waals surface area (Å²) in [4.78, 5) is 11.7. The quantitative estimate of drug-likeness (QED) is 0.671. The highest BCUT2D eigenvalue weighted by atomic mass is 35.5. The first-order chi connectivity index (χ1) is 11.9. The molecule has 6 nitrogen and oxygen atoms in total. The molecule has 2 N–H and O–H groups in total. The van der Waals surface area contributed by atoms with Crippen molar-refractivity contribution in [2.24, 2.45) is 0 Å². The molecule has 3 rings (SSSR count). The van der Waals surface area contributed by atoms with Crippen molar-refractivity contribution >= 4 is 33.0 Å². The number of benzene rings is 1. The Kier molecular flexibility index (Phi) is 5.33. The van der Waals surface area contributed by atoms with Crippen molar-refractivity contribution in [2.75, 3.05) is 6.54 Å². The SMILES string of the molecule is O=c1ccc(-c2ccc(S(=O)(=O)NCCc3ccc(Cl)cc3)s2)n[nH]1. The Labute approximate surface area is 153 Å². The number of sulfonamides is 1. The highest BCUT2D eigenvalue weighted by Crippen LogP contribution is 2.28. The summed E-state index contributed by atoms with van der Waals surface area (Å²) in [5.41, 5.74) is 1.21. The second-order valence-electron chi connectivity index (χ2n) is 5.20. The van der Waals surface area contributed by atoms with E-state index in [0.29, 0.717) is 22.0 Å². The Morgan fingerprint density at radius 1 is 1.08 bits per heavy atom. The van der Waals surface area contributed by atoms with Gasteiger partial charge in [0.15, 0.2) is 0 Å². The monoisotopic (exact) mass is 395 g/mol. The lowest BCUT2D eigenvalue weighted by Gasteiger charge is -2.05. The van der Waals surface area contributed by atoms with Crippen LogP contribution in [0.25, 0.3) is 10.6 Å². The van der Waals surface area contributed by atoms with Gasteiger partial charge in [-0.3, -0.25) is 4.79 Å². The largest absolute Gasteiger partial charge is 0.268 e. The van der Waals surface area contributed by atoms with Gasteiger partial charge in [-0.1, -0.05) is 23.7 Å². The summed E-state index contributed by atoms with van der Waals surface area (Å²) in [6.07, 6.45) is 0.566. The number of hydrogen-bond donors (Lipinski definition) is 2. The molecule has 3 aromatic rings. The molecule has 0 atom stereocenters. The number of halogens is 1. The van der Waals surface area contributed by atoms with Crippen molar-refractivity contribution in [1.29, 1.82) is 0 Å². The number of nitrogens with zero attached hydrogens (tertiary/aromatic N) is 1. The highest BCUT2D eigenvalue weighted by molar-refractivity contribution is 7.91. The fourth-order valence-electron chi connectivity index (χ4n) is 2.14. The normalized spacial score (nSPS) is 11.6. The van der Waals surface area contributed by atoms with Crippen LogP contribution >= 0.6 is 22.9 Å². The highest BCUT2D eigenvalue weighted by Gasteiger charge is 2.17. The van der Waals surface area contributed by atoms with E-state index in [9.17, 15) is 13.2 Å². The summed E-state index contributed by atoms with van der Waals surface area (Å²) in [7, 11) is -3.59. The van der Waals surface area contributed by atoms with E-state index in [1.807, 2.05) is 12.1 Å². The molecule has 0 aliphatic rings. The third-order valence-corrected chi connectivity index (χ3v) is 6.71. The molecule has 0 unspecified atom stereocenters. The molecule has 0 amide bonds. The van der Waals surface area contributed by atoms with Crippen LogP contribution in [0.5, 0.6) is 0 Å². The first-order valence-electron chi connectivity index (χ1n) is 7.34. The van der Waals surface area contributed by atoms with Gasteiger partial charge in [-0.05, 0) is 42.3 Å². The van der Waals surface area contributed by atoms with Crippen LogP contribution in [-0.4, -0.2) is 25.2 Å². The van der Waals surface area contributed by atoms with Gasteiger partial charge in [0.1, 0.15) is 9.90 Å². The molecule has 0 fully saturated rings. The standard InChI is InChI=1S/C16H14ClN3O3S2/c17-12-3-1-11(2-4-12)9-10-18-25(22,23)16-8-6-14(24-16)13-5-7-15(21)20-19-13/h1-8,18H,9-10H2,(H,20,21). The van der Waals surface area contributed by atoms with E-state index in [1.54, 1.807) is 24.3 Å². The molecule has 0 aliphatic heterocycles. The maximum Gasteiger partial charge on any atom is 0.264 e. The van der Waals surface area contributed by atoms with Gasteiger partial charge < -0.3 is 0 Å². The van der Waals surface area contributed by atoms with Crippen LogP contribution in [0.2, 0.25) is 5.02 Å². The first kappa shape index (κ1) is 17.8. The second-order valence-corrected chi connectivity index (χ2v) is 8.71. The van der Waals surface area contributed by atoms with Crippen molar-refractivity contribution in [3.05, 3.63) is 69.5 Å². The summed E-state index contributed by atoms with van der Waals surface area (Å²) >= 11 is 6.92. The minimum Gasteiger partial charge on any atom is -0.268 e. The molecule has 2 heterocycles. The molecule has 0 radical (unpaired) electrons. The summed E-state index contributed by atoms with van der Waals surface area (Å²) in [6.45, 7) is 0.286. The van der Waals surface area contributed by atoms with Crippen molar-refractivity contribution in [2.45, 2.75) is 10.6 Å². The van der Waals surface area contributed by atoms with E-state index in [0.717, 1.165) is 16.9 Å². The van der Waals surface area contributed by atoms with Gasteiger partial charge in [0.25, 0.3) is 5.56 Å². The van der Waals surface area contributed by atoms with Crippen LogP contribution in [-0.2, 0) is 16.4 Å². The molecule has 0 saturated heterocycles. The summed E-state index contributed by atoms with van der Waals surface area (Å²) in [5, 5.41) is 6.87. The third kappa shape index (κ3) is 4.55. The lowest BCUT2D eigenvalue weighted by molar-refractivity contribution is 0.584. The summed E-state index contributed by atoms with van der Waals surface area (Å²) in [6, 6.07) is 13.4. The summed E-state index contributed by atoms with van der Waals surface area (Å²) in [5.74, 6) is 0. The Balaban J connectivity index is 1.67. The average Bonchev–Trinajstić information content (AvgIpc) is 3.08. The average molecular weight is 396 g/mol. The summed E-state index contributed by atoms with van der Waals surface area (Å²) < 4.78 is 27.5. The zero-order valence-corrected chi connectivity index (χ0v) is 15.3. The molecule has 130 valence electrons. The Morgan fingerprint density at radius 3 is 2.52 bits per heavy atom. The zero-order valence-electron chi connectivity index (χ0n) is 12.9. The van der Waals surface area contributed by atoms with Crippen LogP contribution in [0.4, 0.5) is 0 Å². The molecule has 1 aromatic carbocycles. The lowest BCUT2D eigenvalue weighted by Crippen LogP contribution is -2.25. The molecule has 9 heteroatoms. The lowest BCUT2D eigenvalue weighted by atomic mass is 10.2. The van der Waals surface area contributed by atoms with Crippen LogP contribution in [0.1, 0.15) is 5.56 Å². The molecule has 0 saturated carbocycles. The van der Waals surface area contributed by atoms with Crippen molar-refractivity contribution in [3.63, 3.8) is 0 Å². The molecule has 2 aromatic heterocycles. The number of thiophene rings is 1. The van der Waals surface area contributed by atoms with Gasteiger partial charge in [-0.25, -0.2) is 18.2 Å². The number of H-pyrrole nitrogens is 1. The van der Waals surface area contributed by atoms with E-state index in [-0.39, 0.29) is 16.3 Å². The Morgan fingerprint density at radius 2 is 1.84 bits per heavy atom. The minimum atomic E-state index is -3.59. The van der Waals surface area contributed by atoms with Crippen molar-refractivity contribution < 1.29 is 8.42 Å². The Hall–Kier alpha value is -2.00. The van der Waals surface area contributed by atoms with Crippen LogP contribution in [0, 0.1) is 0 Å². The first-order valence-corrected chi connectivity index (χ1v) is 10.0. The third-order valence-electron chi connectivity index (χ3n) is 3.40. The number of hydrogen-bond acceptors (Lipinski definition) is 5.